The molecule has 2 aliphatic carbocycles. The number of hydrogen-bond acceptors (Lipinski definition) is 3. The molecule has 0 saturated heterocycles. The van der Waals surface area contributed by atoms with E-state index < -0.39 is 0 Å². The van der Waals surface area contributed by atoms with E-state index in [2.05, 4.69) is 6.92 Å². The third-order valence-corrected chi connectivity index (χ3v) is 5.83. The summed E-state index contributed by atoms with van der Waals surface area (Å²) in [6, 6.07) is 6.54. The zero-order valence-corrected chi connectivity index (χ0v) is 13.3. The summed E-state index contributed by atoms with van der Waals surface area (Å²) in [5.41, 5.74) is 1.02. The van der Waals surface area contributed by atoms with Crippen molar-refractivity contribution < 1.29 is 18.7 Å². The van der Waals surface area contributed by atoms with E-state index in [1.54, 1.807) is 19.2 Å². The molecule has 2 bridgehead atoms. The number of methoxy groups -OCH3 is 2. The summed E-state index contributed by atoms with van der Waals surface area (Å²) in [4.78, 5) is 12.4. The first-order valence-electron chi connectivity index (χ1n) is 7.93. The Bertz CT molecular complexity index is 542. The molecule has 3 nitrogen and oxygen atoms in total. The standard InChI is InChI=1S/C18H23FO3/c1-10-13-8-15(11-4-6-12(19)7-5-11)17(18(20)22-3)14(10)9-16(13)21-2/h4-7,10,13-17H,8-9H2,1-3H3/t10?,13-,14-,15-,16-,17+/m0/s1. The SMILES string of the molecule is COC(=O)[C@H]1[C@H](c2ccc(F)cc2)C[C@H]2C(C)[C@@H]1C[C@@H]2OC. The molecular formula is C18H23FO3. The molecule has 0 aliphatic heterocycles. The molecule has 6 atom stereocenters. The molecular weight excluding hydrogens is 283 g/mol. The number of ether oxygens (including phenoxy) is 2. The lowest BCUT2D eigenvalue weighted by molar-refractivity contribution is -0.150. The first-order valence-corrected chi connectivity index (χ1v) is 7.93. The minimum atomic E-state index is -0.250. The number of benzene rings is 1. The fourth-order valence-electron chi connectivity index (χ4n) is 4.69. The molecule has 1 aromatic carbocycles. The van der Waals surface area contributed by atoms with E-state index in [0.29, 0.717) is 11.8 Å². The molecule has 22 heavy (non-hydrogen) atoms. The number of carbonyl (C=O) groups excluding carboxylic acids is 1. The number of fused-ring (bicyclic) bond motifs is 2. The van der Waals surface area contributed by atoms with Crippen LogP contribution in [0.1, 0.15) is 31.2 Å². The van der Waals surface area contributed by atoms with Gasteiger partial charge in [-0.3, -0.25) is 4.79 Å². The van der Waals surface area contributed by atoms with Crippen molar-refractivity contribution >= 4 is 5.97 Å². The van der Waals surface area contributed by atoms with Gasteiger partial charge in [-0.1, -0.05) is 19.1 Å². The predicted octanol–water partition coefficient (Wildman–Crippen LogP) is 3.39. The Morgan fingerprint density at radius 3 is 2.41 bits per heavy atom. The molecule has 0 aromatic heterocycles. The van der Waals surface area contributed by atoms with Crippen molar-refractivity contribution in [1.82, 2.24) is 0 Å². The van der Waals surface area contributed by atoms with Gasteiger partial charge in [0, 0.05) is 7.11 Å². The topological polar surface area (TPSA) is 35.5 Å². The minimum Gasteiger partial charge on any atom is -0.469 e. The van der Waals surface area contributed by atoms with Gasteiger partial charge < -0.3 is 9.47 Å². The zero-order chi connectivity index (χ0) is 15.9. The van der Waals surface area contributed by atoms with Gasteiger partial charge in [0.05, 0.1) is 19.1 Å². The van der Waals surface area contributed by atoms with Gasteiger partial charge in [0.2, 0.25) is 0 Å². The van der Waals surface area contributed by atoms with Gasteiger partial charge in [0.15, 0.2) is 0 Å². The van der Waals surface area contributed by atoms with Crippen LogP contribution in [-0.2, 0) is 14.3 Å². The fourth-order valence-corrected chi connectivity index (χ4v) is 4.69. The summed E-state index contributed by atoms with van der Waals surface area (Å²) in [6.45, 7) is 2.21. The second kappa shape index (κ2) is 5.99. The van der Waals surface area contributed by atoms with Crippen molar-refractivity contribution in [2.75, 3.05) is 14.2 Å². The van der Waals surface area contributed by atoms with E-state index in [4.69, 9.17) is 9.47 Å². The van der Waals surface area contributed by atoms with Gasteiger partial charge in [-0.25, -0.2) is 4.39 Å². The molecule has 1 unspecified atom stereocenters. The highest BCUT2D eigenvalue weighted by atomic mass is 19.1. The van der Waals surface area contributed by atoms with Crippen LogP contribution in [0, 0.1) is 29.5 Å². The number of rotatable bonds is 3. The molecule has 1 aromatic rings. The number of esters is 1. The van der Waals surface area contributed by atoms with Crippen molar-refractivity contribution in [2.45, 2.75) is 31.8 Å². The van der Waals surface area contributed by atoms with Crippen LogP contribution in [0.15, 0.2) is 24.3 Å². The van der Waals surface area contributed by atoms with Crippen molar-refractivity contribution in [3.63, 3.8) is 0 Å². The van der Waals surface area contributed by atoms with Crippen LogP contribution in [0.2, 0.25) is 0 Å². The minimum absolute atomic E-state index is 0.0828. The van der Waals surface area contributed by atoms with Gasteiger partial charge >= 0.3 is 5.97 Å². The third-order valence-electron chi connectivity index (χ3n) is 5.83. The molecule has 2 saturated carbocycles. The Balaban J connectivity index is 1.97. The Morgan fingerprint density at radius 2 is 1.82 bits per heavy atom. The summed E-state index contributed by atoms with van der Waals surface area (Å²) in [6.07, 6.45) is 2.00. The lowest BCUT2D eigenvalue weighted by Crippen LogP contribution is -2.38. The number of hydrogen-bond donors (Lipinski definition) is 0. The maximum absolute atomic E-state index is 13.2. The van der Waals surface area contributed by atoms with Crippen LogP contribution < -0.4 is 0 Å². The summed E-state index contributed by atoms with van der Waals surface area (Å²) in [7, 11) is 3.20. The van der Waals surface area contributed by atoms with Gasteiger partial charge in [-0.15, -0.1) is 0 Å². The summed E-state index contributed by atoms with van der Waals surface area (Å²) >= 11 is 0. The normalized spacial score (nSPS) is 37.1. The second-order valence-electron chi connectivity index (χ2n) is 6.64. The summed E-state index contributed by atoms with van der Waals surface area (Å²) in [5.74, 6) is 0.686. The van der Waals surface area contributed by atoms with Gasteiger partial charge in [0.1, 0.15) is 5.82 Å². The first-order chi connectivity index (χ1) is 10.6. The van der Waals surface area contributed by atoms with E-state index in [9.17, 15) is 9.18 Å². The van der Waals surface area contributed by atoms with Crippen LogP contribution in [0.5, 0.6) is 0 Å². The largest absolute Gasteiger partial charge is 0.469 e. The molecule has 0 heterocycles. The van der Waals surface area contributed by atoms with Crippen LogP contribution >= 0.6 is 0 Å². The maximum Gasteiger partial charge on any atom is 0.309 e. The molecule has 4 heteroatoms. The first kappa shape index (κ1) is 15.5. The van der Waals surface area contributed by atoms with Crippen LogP contribution in [0.3, 0.4) is 0 Å². The van der Waals surface area contributed by atoms with Crippen molar-refractivity contribution in [2.24, 2.45) is 23.7 Å². The van der Waals surface area contributed by atoms with E-state index >= 15 is 0 Å². The summed E-state index contributed by atoms with van der Waals surface area (Å²) in [5, 5.41) is 0. The summed E-state index contributed by atoms with van der Waals surface area (Å²) < 4.78 is 23.9. The average molecular weight is 306 g/mol. The van der Waals surface area contributed by atoms with Gasteiger partial charge in [0.25, 0.3) is 0 Å². The quantitative estimate of drug-likeness (QED) is 0.803. The highest BCUT2D eigenvalue weighted by Crippen LogP contribution is 2.56. The van der Waals surface area contributed by atoms with Crippen molar-refractivity contribution in [3.8, 4) is 0 Å². The fraction of sp³-hybridized carbons (Fsp3) is 0.611. The Morgan fingerprint density at radius 1 is 1.14 bits per heavy atom. The average Bonchev–Trinajstić information content (AvgIpc) is 2.73. The van der Waals surface area contributed by atoms with Crippen LogP contribution in [-0.4, -0.2) is 26.3 Å². The molecule has 3 rings (SSSR count). The Hall–Kier alpha value is -1.42. The van der Waals surface area contributed by atoms with Crippen LogP contribution in [0.4, 0.5) is 4.39 Å². The molecule has 120 valence electrons. The molecule has 0 N–H and O–H groups in total. The molecule has 0 spiro atoms. The molecule has 0 amide bonds. The lowest BCUT2D eigenvalue weighted by atomic mass is 9.65. The van der Waals surface area contributed by atoms with Gasteiger partial charge in [-0.2, -0.15) is 0 Å². The number of halogens is 1. The highest BCUT2D eigenvalue weighted by Gasteiger charge is 2.54. The predicted molar refractivity (Wildman–Crippen MR) is 80.8 cm³/mol. The molecule has 0 radical (unpaired) electrons. The highest BCUT2D eigenvalue weighted by molar-refractivity contribution is 5.74. The zero-order valence-electron chi connectivity index (χ0n) is 13.3. The van der Waals surface area contributed by atoms with E-state index in [1.165, 1.54) is 19.2 Å². The smallest absolute Gasteiger partial charge is 0.309 e. The van der Waals surface area contributed by atoms with Gasteiger partial charge in [-0.05, 0) is 54.2 Å². The molecule has 2 aliphatic rings. The Kier molecular flexibility index (Phi) is 4.22. The van der Waals surface area contributed by atoms with E-state index in [-0.39, 0.29) is 35.6 Å². The van der Waals surface area contributed by atoms with Crippen molar-refractivity contribution in [3.05, 3.63) is 35.6 Å². The van der Waals surface area contributed by atoms with Crippen molar-refractivity contribution in [1.29, 1.82) is 0 Å². The van der Waals surface area contributed by atoms with E-state index in [1.807, 2.05) is 0 Å². The monoisotopic (exact) mass is 306 g/mol. The van der Waals surface area contributed by atoms with Crippen LogP contribution in [0.25, 0.3) is 0 Å². The third kappa shape index (κ3) is 2.43. The van der Waals surface area contributed by atoms with E-state index in [0.717, 1.165) is 18.4 Å². The second-order valence-corrected chi connectivity index (χ2v) is 6.64. The maximum atomic E-state index is 13.2. The lowest BCUT2D eigenvalue weighted by Gasteiger charge is -2.39. The molecule has 2 fully saturated rings. The number of carbonyl (C=O) groups is 1. The Labute approximate surface area is 130 Å².